The molecule has 0 spiro atoms. The van der Waals surface area contributed by atoms with Crippen molar-refractivity contribution < 1.29 is 22.7 Å². The molecule has 0 aromatic heterocycles. The van der Waals surface area contributed by atoms with Crippen molar-refractivity contribution in [3.05, 3.63) is 29.8 Å². The van der Waals surface area contributed by atoms with E-state index >= 15 is 0 Å². The van der Waals surface area contributed by atoms with Crippen LogP contribution in [0.3, 0.4) is 0 Å². The van der Waals surface area contributed by atoms with E-state index in [0.717, 1.165) is 76.5 Å². The predicted molar refractivity (Wildman–Crippen MR) is 120 cm³/mol. The van der Waals surface area contributed by atoms with Crippen LogP contribution in [0, 0.1) is 0 Å². The molecule has 0 saturated carbocycles. The van der Waals surface area contributed by atoms with E-state index in [-0.39, 0.29) is 12.0 Å². The maximum Gasteiger partial charge on any atom is 0.416 e. The first-order valence-corrected chi connectivity index (χ1v) is 11.9. The fourth-order valence-corrected chi connectivity index (χ4v) is 4.52. The zero-order valence-corrected chi connectivity index (χ0v) is 19.1. The van der Waals surface area contributed by atoms with E-state index in [1.807, 2.05) is 0 Å². The molecule has 8 heteroatoms. The Morgan fingerprint density at radius 3 is 2.25 bits per heavy atom. The van der Waals surface area contributed by atoms with Gasteiger partial charge in [0, 0.05) is 44.5 Å². The second kappa shape index (κ2) is 11.9. The third-order valence-electron chi connectivity index (χ3n) is 6.47. The molecule has 180 valence electrons. The van der Waals surface area contributed by atoms with E-state index in [1.54, 1.807) is 12.1 Å². The number of nitrogens with zero attached hydrogens (tertiary/aromatic N) is 3. The van der Waals surface area contributed by atoms with Crippen molar-refractivity contribution in [2.24, 2.45) is 0 Å². The summed E-state index contributed by atoms with van der Waals surface area (Å²) in [6.45, 7) is 8.63. The Morgan fingerprint density at radius 1 is 1.00 bits per heavy atom. The van der Waals surface area contributed by atoms with Crippen molar-refractivity contribution >= 4 is 11.7 Å². The van der Waals surface area contributed by atoms with Crippen molar-refractivity contribution in [1.82, 2.24) is 9.80 Å². The highest BCUT2D eigenvalue weighted by atomic mass is 19.4. The van der Waals surface area contributed by atoms with Crippen molar-refractivity contribution in [2.45, 2.75) is 57.7 Å². The molecule has 0 bridgehead atoms. The van der Waals surface area contributed by atoms with Crippen LogP contribution in [0.2, 0.25) is 0 Å². The average molecular weight is 456 g/mol. The van der Waals surface area contributed by atoms with Crippen LogP contribution < -0.4 is 4.90 Å². The normalized spacial score (nSPS) is 19.7. The lowest BCUT2D eigenvalue weighted by atomic mass is 10.0. The minimum Gasteiger partial charge on any atom is -0.466 e. The van der Waals surface area contributed by atoms with Crippen LogP contribution in [0.1, 0.15) is 51.0 Å². The molecule has 32 heavy (non-hydrogen) atoms. The highest BCUT2D eigenvalue weighted by Crippen LogP contribution is 2.30. The Morgan fingerprint density at radius 2 is 1.66 bits per heavy atom. The van der Waals surface area contributed by atoms with E-state index in [0.29, 0.717) is 13.0 Å². The van der Waals surface area contributed by atoms with Crippen LogP contribution in [0.4, 0.5) is 18.9 Å². The van der Waals surface area contributed by atoms with Crippen LogP contribution in [0.5, 0.6) is 0 Å². The molecule has 0 aliphatic carbocycles. The molecule has 2 fully saturated rings. The van der Waals surface area contributed by atoms with Crippen molar-refractivity contribution in [1.29, 1.82) is 0 Å². The highest BCUT2D eigenvalue weighted by molar-refractivity contribution is 5.70. The molecule has 2 heterocycles. The van der Waals surface area contributed by atoms with Crippen LogP contribution in [0.25, 0.3) is 0 Å². The number of likely N-dealkylation sites (tertiary alicyclic amines) is 1. The summed E-state index contributed by atoms with van der Waals surface area (Å²) in [5, 5.41) is 0. The maximum atomic E-state index is 12.8. The number of rotatable bonds is 9. The number of hydrogen-bond acceptors (Lipinski definition) is 5. The van der Waals surface area contributed by atoms with Gasteiger partial charge in [-0.1, -0.05) is 19.8 Å². The number of carbonyl (C=O) groups excluding carboxylic acids is 1. The molecule has 1 aromatic carbocycles. The molecule has 0 N–H and O–H groups in total. The molecule has 2 aliphatic rings. The average Bonchev–Trinajstić information content (AvgIpc) is 2.79. The van der Waals surface area contributed by atoms with Gasteiger partial charge in [-0.05, 0) is 56.6 Å². The molecule has 5 nitrogen and oxygen atoms in total. The van der Waals surface area contributed by atoms with Crippen LogP contribution >= 0.6 is 0 Å². The quantitative estimate of drug-likeness (QED) is 0.407. The summed E-state index contributed by atoms with van der Waals surface area (Å²) in [5.74, 6) is -0.114. The SMILES string of the molecule is CCCCOC(=O)CC(CN1CCN(c2ccc(C(F)(F)F)cc2)CC1)N1CCCCC1. The molecule has 1 aromatic rings. The van der Waals surface area contributed by atoms with Gasteiger partial charge in [-0.25, -0.2) is 0 Å². The lowest BCUT2D eigenvalue weighted by Gasteiger charge is -2.41. The monoisotopic (exact) mass is 455 g/mol. The second-order valence-electron chi connectivity index (χ2n) is 8.86. The lowest BCUT2D eigenvalue weighted by Crippen LogP contribution is -2.53. The van der Waals surface area contributed by atoms with Gasteiger partial charge in [-0.2, -0.15) is 13.2 Å². The molecule has 2 saturated heterocycles. The summed E-state index contributed by atoms with van der Waals surface area (Å²) in [5.41, 5.74) is 0.208. The largest absolute Gasteiger partial charge is 0.466 e. The van der Waals surface area contributed by atoms with Crippen LogP contribution in [0.15, 0.2) is 24.3 Å². The van der Waals surface area contributed by atoms with Gasteiger partial charge in [0.1, 0.15) is 0 Å². The molecular weight excluding hydrogens is 419 g/mol. The summed E-state index contributed by atoms with van der Waals surface area (Å²) in [4.78, 5) is 19.3. The van der Waals surface area contributed by atoms with Crippen molar-refractivity contribution in [3.8, 4) is 0 Å². The summed E-state index contributed by atoms with van der Waals surface area (Å²) in [7, 11) is 0. The van der Waals surface area contributed by atoms with E-state index in [9.17, 15) is 18.0 Å². The van der Waals surface area contributed by atoms with Gasteiger partial charge in [0.05, 0.1) is 18.6 Å². The number of hydrogen-bond donors (Lipinski definition) is 0. The van der Waals surface area contributed by atoms with E-state index < -0.39 is 11.7 Å². The van der Waals surface area contributed by atoms with Crippen molar-refractivity contribution in [3.63, 3.8) is 0 Å². The summed E-state index contributed by atoms with van der Waals surface area (Å²) < 4.78 is 43.9. The number of ether oxygens (including phenoxy) is 1. The Labute approximate surface area is 189 Å². The smallest absolute Gasteiger partial charge is 0.416 e. The molecule has 1 unspecified atom stereocenters. The lowest BCUT2D eigenvalue weighted by molar-refractivity contribution is -0.145. The Hall–Kier alpha value is -1.80. The number of benzene rings is 1. The Bertz CT molecular complexity index is 697. The molecule has 2 aliphatic heterocycles. The summed E-state index contributed by atoms with van der Waals surface area (Å²) in [6.07, 6.45) is 1.60. The molecule has 3 rings (SSSR count). The van der Waals surface area contributed by atoms with E-state index in [1.165, 1.54) is 19.3 Å². The number of carbonyl (C=O) groups is 1. The fraction of sp³-hybridized carbons (Fsp3) is 0.708. The first kappa shape index (κ1) is 24.8. The number of esters is 1. The van der Waals surface area contributed by atoms with Crippen molar-refractivity contribution in [2.75, 3.05) is 57.3 Å². The maximum absolute atomic E-state index is 12.8. The Balaban J connectivity index is 1.53. The van der Waals surface area contributed by atoms with Crippen LogP contribution in [-0.2, 0) is 15.7 Å². The summed E-state index contributed by atoms with van der Waals surface area (Å²) in [6, 6.07) is 5.57. The number of piperazine rings is 1. The van der Waals surface area contributed by atoms with Gasteiger partial charge < -0.3 is 9.64 Å². The van der Waals surface area contributed by atoms with E-state index in [4.69, 9.17) is 4.74 Å². The zero-order valence-electron chi connectivity index (χ0n) is 19.1. The number of piperidine rings is 1. The molecule has 0 radical (unpaired) electrons. The minimum atomic E-state index is -4.31. The third kappa shape index (κ3) is 7.37. The second-order valence-corrected chi connectivity index (χ2v) is 8.86. The topological polar surface area (TPSA) is 36.0 Å². The number of halogens is 3. The zero-order chi connectivity index (χ0) is 23.0. The highest BCUT2D eigenvalue weighted by Gasteiger charge is 2.31. The fourth-order valence-electron chi connectivity index (χ4n) is 4.52. The van der Waals surface area contributed by atoms with Gasteiger partial charge in [-0.15, -0.1) is 0 Å². The molecule has 1 atom stereocenters. The van der Waals surface area contributed by atoms with Gasteiger partial charge in [0.15, 0.2) is 0 Å². The van der Waals surface area contributed by atoms with Gasteiger partial charge in [0.25, 0.3) is 0 Å². The third-order valence-corrected chi connectivity index (χ3v) is 6.47. The first-order valence-electron chi connectivity index (χ1n) is 11.9. The van der Waals surface area contributed by atoms with Gasteiger partial charge >= 0.3 is 12.1 Å². The number of alkyl halides is 3. The standard InChI is InChI=1S/C24H36F3N3O2/c1-2-3-17-32-23(31)18-22(29-11-5-4-6-12-29)19-28-13-15-30(16-14-28)21-9-7-20(8-10-21)24(25,26)27/h7-10,22H,2-6,11-19H2,1H3. The number of unbranched alkanes of at least 4 members (excludes halogenated alkanes) is 1. The number of anilines is 1. The van der Waals surface area contributed by atoms with Gasteiger partial charge in [-0.3, -0.25) is 14.6 Å². The van der Waals surface area contributed by atoms with E-state index in [2.05, 4.69) is 21.6 Å². The van der Waals surface area contributed by atoms with Gasteiger partial charge in [0.2, 0.25) is 0 Å². The minimum absolute atomic E-state index is 0.114. The molecular formula is C24H36F3N3O2. The first-order chi connectivity index (χ1) is 15.4. The Kier molecular flexibility index (Phi) is 9.22. The molecule has 0 amide bonds. The van der Waals surface area contributed by atoms with Crippen LogP contribution in [-0.4, -0.2) is 74.2 Å². The predicted octanol–water partition coefficient (Wildman–Crippen LogP) is 4.42. The summed E-state index contributed by atoms with van der Waals surface area (Å²) >= 11 is 0.